The van der Waals surface area contributed by atoms with Crippen molar-refractivity contribution >= 4 is 15.5 Å². The SMILES string of the molecule is COCC[C@H]1CCC[C@H](C(C#N)(c2ccccc2)C2CCN(CC3CN(c4ccc(S(=O)(=O)c5ccnc(C)c5)cc4)C3)CC2)C1. The summed E-state index contributed by atoms with van der Waals surface area (Å²) in [5.41, 5.74) is 2.54. The zero-order chi connectivity index (χ0) is 32.1. The van der Waals surface area contributed by atoms with Crippen LogP contribution < -0.4 is 4.90 Å². The third kappa shape index (κ3) is 6.74. The molecule has 0 radical (unpaired) electrons. The van der Waals surface area contributed by atoms with E-state index in [1.54, 1.807) is 44.5 Å². The number of nitriles is 1. The molecule has 3 atom stereocenters. The van der Waals surface area contributed by atoms with Crippen molar-refractivity contribution in [2.45, 2.75) is 67.1 Å². The minimum Gasteiger partial charge on any atom is -0.385 e. The monoisotopic (exact) mass is 640 g/mol. The lowest BCUT2D eigenvalue weighted by molar-refractivity contribution is 0.0738. The van der Waals surface area contributed by atoms with E-state index >= 15 is 0 Å². The van der Waals surface area contributed by atoms with Gasteiger partial charge in [-0.05, 0) is 112 Å². The number of hydrogen-bond acceptors (Lipinski definition) is 7. The summed E-state index contributed by atoms with van der Waals surface area (Å²) in [5, 5.41) is 11.0. The zero-order valence-electron chi connectivity index (χ0n) is 27.4. The van der Waals surface area contributed by atoms with Crippen LogP contribution in [0.25, 0.3) is 0 Å². The number of likely N-dealkylation sites (tertiary alicyclic amines) is 1. The van der Waals surface area contributed by atoms with Crippen LogP contribution in [0.4, 0.5) is 5.69 Å². The Labute approximate surface area is 275 Å². The molecule has 3 aromatic rings. The topological polar surface area (TPSA) is 86.5 Å². The standard InChI is InChI=1S/C38H48N4O3S/c1-29-23-37(15-19-40-29)46(43,44)36-13-11-35(12-14-36)42-26-31(27-42)25-41-20-16-33(17-21-41)38(28-39,32-8-4-3-5-9-32)34-10-6-7-30(24-34)18-22-45-2/h3-5,8-9,11-15,19,23,30-31,33-34H,6-7,10,16-18,20-22,24-27H2,1-2H3/t30-,34+,38?/m1/s1. The van der Waals surface area contributed by atoms with Gasteiger partial charge in [0, 0.05) is 56.8 Å². The smallest absolute Gasteiger partial charge is 0.206 e. The first kappa shape index (κ1) is 32.7. The summed E-state index contributed by atoms with van der Waals surface area (Å²) in [4.78, 5) is 9.66. The van der Waals surface area contributed by atoms with Gasteiger partial charge in [-0.15, -0.1) is 0 Å². The summed E-state index contributed by atoms with van der Waals surface area (Å²) in [5.74, 6) is 1.99. The number of sulfone groups is 1. The molecule has 46 heavy (non-hydrogen) atoms. The molecule has 6 rings (SSSR count). The van der Waals surface area contributed by atoms with E-state index in [1.807, 2.05) is 12.1 Å². The van der Waals surface area contributed by atoms with Gasteiger partial charge in [0.25, 0.3) is 0 Å². The molecule has 8 heteroatoms. The molecule has 7 nitrogen and oxygen atoms in total. The van der Waals surface area contributed by atoms with Gasteiger partial charge in [-0.2, -0.15) is 5.26 Å². The van der Waals surface area contributed by atoms with E-state index in [9.17, 15) is 13.7 Å². The number of aromatic nitrogens is 1. The predicted molar refractivity (Wildman–Crippen MR) is 181 cm³/mol. The van der Waals surface area contributed by atoms with Crippen LogP contribution in [0.2, 0.25) is 0 Å². The fourth-order valence-electron chi connectivity index (χ4n) is 8.51. The zero-order valence-corrected chi connectivity index (χ0v) is 28.2. The van der Waals surface area contributed by atoms with Crippen molar-refractivity contribution in [3.05, 3.63) is 84.2 Å². The lowest BCUT2D eigenvalue weighted by Gasteiger charge is -2.49. The molecule has 0 spiro atoms. The number of anilines is 1. The Morgan fingerprint density at radius 2 is 1.67 bits per heavy atom. The van der Waals surface area contributed by atoms with Crippen molar-refractivity contribution in [2.24, 2.45) is 23.7 Å². The van der Waals surface area contributed by atoms with Crippen molar-refractivity contribution < 1.29 is 13.2 Å². The summed E-state index contributed by atoms with van der Waals surface area (Å²) < 4.78 is 31.6. The highest BCUT2D eigenvalue weighted by atomic mass is 32.2. The van der Waals surface area contributed by atoms with E-state index in [4.69, 9.17) is 4.74 Å². The number of nitrogens with zero attached hydrogens (tertiary/aromatic N) is 4. The average Bonchev–Trinajstić information content (AvgIpc) is 3.07. The second kappa shape index (κ2) is 14.3. The minimum absolute atomic E-state index is 0.279. The van der Waals surface area contributed by atoms with Gasteiger partial charge in [0.15, 0.2) is 0 Å². The quantitative estimate of drug-likeness (QED) is 0.231. The fourth-order valence-corrected chi connectivity index (χ4v) is 9.84. The number of ether oxygens (including phenoxy) is 1. The van der Waals surface area contributed by atoms with Crippen LogP contribution in [0.1, 0.15) is 56.2 Å². The lowest BCUT2D eigenvalue weighted by atomic mass is 9.56. The molecular formula is C38H48N4O3S. The highest BCUT2D eigenvalue weighted by Gasteiger charge is 2.49. The number of methoxy groups -OCH3 is 1. The van der Waals surface area contributed by atoms with E-state index in [0.29, 0.717) is 34.3 Å². The summed E-state index contributed by atoms with van der Waals surface area (Å²) in [6.07, 6.45) is 9.47. The van der Waals surface area contributed by atoms with Gasteiger partial charge < -0.3 is 14.5 Å². The van der Waals surface area contributed by atoms with E-state index in [0.717, 1.165) is 77.1 Å². The molecule has 1 unspecified atom stereocenters. The predicted octanol–water partition coefficient (Wildman–Crippen LogP) is 6.68. The normalized spacial score (nSPS) is 22.9. The molecule has 1 aromatic heterocycles. The number of hydrogen-bond donors (Lipinski definition) is 0. The van der Waals surface area contributed by atoms with Crippen LogP contribution in [-0.4, -0.2) is 64.7 Å². The molecule has 244 valence electrons. The Morgan fingerprint density at radius 3 is 2.35 bits per heavy atom. The maximum absolute atomic E-state index is 13.1. The van der Waals surface area contributed by atoms with Crippen LogP contribution in [0, 0.1) is 41.9 Å². The molecule has 0 bridgehead atoms. The first-order chi connectivity index (χ1) is 22.3. The van der Waals surface area contributed by atoms with Crippen LogP contribution in [0.15, 0.2) is 82.7 Å². The Kier molecular flexibility index (Phi) is 10.1. The van der Waals surface area contributed by atoms with E-state index in [1.165, 1.54) is 18.4 Å². The summed E-state index contributed by atoms with van der Waals surface area (Å²) in [6.45, 7) is 7.71. The third-order valence-electron chi connectivity index (χ3n) is 11.0. The number of pyridine rings is 1. The van der Waals surface area contributed by atoms with Gasteiger partial charge in [-0.25, -0.2) is 8.42 Å². The minimum atomic E-state index is -3.56. The maximum Gasteiger partial charge on any atom is 0.206 e. The molecule has 2 aromatic carbocycles. The molecule has 2 saturated heterocycles. The van der Waals surface area contributed by atoms with E-state index < -0.39 is 15.3 Å². The van der Waals surface area contributed by atoms with Gasteiger partial charge >= 0.3 is 0 Å². The second-order valence-corrected chi connectivity index (χ2v) is 15.8. The number of benzene rings is 2. The second-order valence-electron chi connectivity index (χ2n) is 13.8. The van der Waals surface area contributed by atoms with Crippen molar-refractivity contribution in [3.8, 4) is 6.07 Å². The van der Waals surface area contributed by atoms with Crippen molar-refractivity contribution in [1.29, 1.82) is 5.26 Å². The molecule has 3 fully saturated rings. The molecule has 1 saturated carbocycles. The molecule has 0 N–H and O–H groups in total. The largest absolute Gasteiger partial charge is 0.385 e. The Hall–Kier alpha value is -3.25. The molecule has 0 amide bonds. The lowest BCUT2D eigenvalue weighted by Crippen LogP contribution is -2.54. The molecule has 3 heterocycles. The average molecular weight is 641 g/mol. The van der Waals surface area contributed by atoms with Gasteiger partial charge in [-0.1, -0.05) is 43.2 Å². The first-order valence-electron chi connectivity index (χ1n) is 17.0. The van der Waals surface area contributed by atoms with Crippen molar-refractivity contribution in [1.82, 2.24) is 9.88 Å². The van der Waals surface area contributed by atoms with E-state index in [2.05, 4.69) is 51.2 Å². The first-order valence-corrected chi connectivity index (χ1v) is 18.5. The summed E-state index contributed by atoms with van der Waals surface area (Å²) >= 11 is 0. The Balaban J connectivity index is 1.05. The Morgan fingerprint density at radius 1 is 0.935 bits per heavy atom. The van der Waals surface area contributed by atoms with Crippen LogP contribution in [-0.2, 0) is 20.0 Å². The highest BCUT2D eigenvalue weighted by molar-refractivity contribution is 7.91. The summed E-state index contributed by atoms with van der Waals surface area (Å²) in [6, 6.07) is 24.1. The molecule has 1 aliphatic carbocycles. The van der Waals surface area contributed by atoms with Crippen molar-refractivity contribution in [2.75, 3.05) is 51.3 Å². The van der Waals surface area contributed by atoms with E-state index in [-0.39, 0.29) is 4.90 Å². The number of rotatable bonds is 11. The Bertz CT molecular complexity index is 1590. The van der Waals surface area contributed by atoms with Crippen LogP contribution in [0.5, 0.6) is 0 Å². The van der Waals surface area contributed by atoms with Crippen molar-refractivity contribution in [3.63, 3.8) is 0 Å². The summed E-state index contributed by atoms with van der Waals surface area (Å²) in [7, 11) is -1.77. The van der Waals surface area contributed by atoms with Crippen LogP contribution in [0.3, 0.4) is 0 Å². The van der Waals surface area contributed by atoms with Gasteiger partial charge in [0.1, 0.15) is 0 Å². The molecule has 2 aliphatic heterocycles. The number of aryl methyl sites for hydroxylation is 1. The number of piperidine rings is 1. The van der Waals surface area contributed by atoms with Gasteiger partial charge in [-0.3, -0.25) is 4.98 Å². The third-order valence-corrected chi connectivity index (χ3v) is 12.8. The molecule has 3 aliphatic rings. The maximum atomic E-state index is 13.1. The van der Waals surface area contributed by atoms with Gasteiger partial charge in [0.05, 0.1) is 21.3 Å². The van der Waals surface area contributed by atoms with Crippen LogP contribution >= 0.6 is 0 Å². The molecular weight excluding hydrogens is 593 g/mol. The highest BCUT2D eigenvalue weighted by Crippen LogP contribution is 2.50. The van der Waals surface area contributed by atoms with Gasteiger partial charge in [0.2, 0.25) is 9.84 Å². The fraction of sp³-hybridized carbons (Fsp3) is 0.526.